The molecule has 1 aliphatic heterocycles. The second-order valence-corrected chi connectivity index (χ2v) is 3.90. The minimum absolute atomic E-state index is 0.104. The molecule has 0 radical (unpaired) electrons. The van der Waals surface area contributed by atoms with E-state index in [2.05, 4.69) is 4.74 Å². The summed E-state index contributed by atoms with van der Waals surface area (Å²) >= 11 is 0. The molecule has 0 aromatic carbocycles. The van der Waals surface area contributed by atoms with Gasteiger partial charge < -0.3 is 9.64 Å². The average Bonchev–Trinajstić information content (AvgIpc) is 2.50. The molecule has 16 heavy (non-hydrogen) atoms. The van der Waals surface area contributed by atoms with E-state index in [9.17, 15) is 9.59 Å². The molecule has 1 rings (SSSR count). The summed E-state index contributed by atoms with van der Waals surface area (Å²) in [4.78, 5) is 24.7. The van der Waals surface area contributed by atoms with Crippen molar-refractivity contribution >= 4 is 11.9 Å². The van der Waals surface area contributed by atoms with Crippen molar-refractivity contribution in [1.29, 1.82) is 0 Å². The van der Waals surface area contributed by atoms with E-state index in [-0.39, 0.29) is 11.9 Å². The van der Waals surface area contributed by atoms with E-state index in [1.807, 2.05) is 6.92 Å². The summed E-state index contributed by atoms with van der Waals surface area (Å²) < 4.78 is 4.67. The molecule has 0 spiro atoms. The van der Waals surface area contributed by atoms with Gasteiger partial charge in [-0.2, -0.15) is 0 Å². The van der Waals surface area contributed by atoms with Crippen LogP contribution in [0.4, 0.5) is 0 Å². The molecular formula is C12H19NO3. The van der Waals surface area contributed by atoms with Gasteiger partial charge in [0.1, 0.15) is 0 Å². The van der Waals surface area contributed by atoms with Crippen molar-refractivity contribution in [3.63, 3.8) is 0 Å². The van der Waals surface area contributed by atoms with Crippen molar-refractivity contribution in [1.82, 2.24) is 4.90 Å². The first-order chi connectivity index (χ1) is 7.69. The number of nitrogens with zero attached hydrogens (tertiary/aromatic N) is 1. The molecule has 0 aromatic heterocycles. The molecule has 1 aliphatic rings. The minimum Gasteiger partial charge on any atom is -0.466 e. The lowest BCUT2D eigenvalue weighted by Crippen LogP contribution is -2.26. The number of carbonyl (C=O) groups excluding carboxylic acids is 2. The molecule has 1 saturated heterocycles. The van der Waals surface area contributed by atoms with Crippen LogP contribution in [0.3, 0.4) is 0 Å². The first-order valence-electron chi connectivity index (χ1n) is 5.77. The Balaban J connectivity index is 2.77. The largest absolute Gasteiger partial charge is 0.466 e. The fourth-order valence-electron chi connectivity index (χ4n) is 1.75. The molecule has 1 heterocycles. The van der Waals surface area contributed by atoms with Gasteiger partial charge in [-0.05, 0) is 19.3 Å². The minimum atomic E-state index is -0.348. The molecule has 0 N–H and O–H groups in total. The Morgan fingerprint density at radius 1 is 1.44 bits per heavy atom. The molecule has 0 aromatic rings. The number of likely N-dealkylation sites (tertiary alicyclic amines) is 1. The van der Waals surface area contributed by atoms with Gasteiger partial charge in [0.25, 0.3) is 0 Å². The van der Waals surface area contributed by atoms with E-state index in [1.54, 1.807) is 11.1 Å². The highest BCUT2D eigenvalue weighted by atomic mass is 16.5. The summed E-state index contributed by atoms with van der Waals surface area (Å²) in [5, 5.41) is 0. The van der Waals surface area contributed by atoms with Crippen LogP contribution >= 0.6 is 0 Å². The molecule has 0 aliphatic carbocycles. The van der Waals surface area contributed by atoms with Crippen molar-refractivity contribution in [2.45, 2.75) is 39.0 Å². The summed E-state index contributed by atoms with van der Waals surface area (Å²) in [5.41, 5.74) is 0.553. The maximum Gasteiger partial charge on any atom is 0.335 e. The zero-order chi connectivity index (χ0) is 12.0. The highest BCUT2D eigenvalue weighted by molar-refractivity contribution is 5.89. The van der Waals surface area contributed by atoms with E-state index in [0.29, 0.717) is 25.0 Å². The van der Waals surface area contributed by atoms with E-state index in [1.165, 1.54) is 7.11 Å². The number of hydrogen-bond acceptors (Lipinski definition) is 3. The average molecular weight is 225 g/mol. The Labute approximate surface area is 96.3 Å². The Hall–Kier alpha value is -1.32. The molecule has 0 unspecified atom stereocenters. The van der Waals surface area contributed by atoms with Crippen molar-refractivity contribution in [3.8, 4) is 0 Å². The molecule has 90 valence electrons. The number of esters is 1. The van der Waals surface area contributed by atoms with Crippen LogP contribution in [0.5, 0.6) is 0 Å². The third-order valence-corrected chi connectivity index (χ3v) is 2.75. The molecular weight excluding hydrogens is 206 g/mol. The van der Waals surface area contributed by atoms with Gasteiger partial charge in [0.05, 0.1) is 12.7 Å². The van der Waals surface area contributed by atoms with Crippen LogP contribution in [-0.2, 0) is 14.3 Å². The first-order valence-corrected chi connectivity index (χ1v) is 5.77. The predicted molar refractivity (Wildman–Crippen MR) is 60.6 cm³/mol. The lowest BCUT2D eigenvalue weighted by Gasteiger charge is -2.16. The lowest BCUT2D eigenvalue weighted by atomic mass is 10.2. The first kappa shape index (κ1) is 12.7. The van der Waals surface area contributed by atoms with Crippen molar-refractivity contribution in [2.24, 2.45) is 0 Å². The van der Waals surface area contributed by atoms with Crippen LogP contribution in [0, 0.1) is 0 Å². The Kier molecular flexibility index (Phi) is 5.02. The van der Waals surface area contributed by atoms with E-state index in [0.717, 1.165) is 19.3 Å². The van der Waals surface area contributed by atoms with Crippen LogP contribution in [0.25, 0.3) is 0 Å². The SMILES string of the molecule is CC/C(=C\N1CCCCCC1=O)C(=O)OC. The van der Waals surface area contributed by atoms with Crippen LogP contribution < -0.4 is 0 Å². The fraction of sp³-hybridized carbons (Fsp3) is 0.667. The monoisotopic (exact) mass is 225 g/mol. The Bertz CT molecular complexity index is 297. The normalized spacial score (nSPS) is 18.2. The Morgan fingerprint density at radius 2 is 2.19 bits per heavy atom. The van der Waals surface area contributed by atoms with Crippen LogP contribution in [0.2, 0.25) is 0 Å². The topological polar surface area (TPSA) is 46.6 Å². The van der Waals surface area contributed by atoms with Crippen molar-refractivity contribution < 1.29 is 14.3 Å². The smallest absolute Gasteiger partial charge is 0.335 e. The number of carbonyl (C=O) groups is 2. The van der Waals surface area contributed by atoms with Gasteiger partial charge >= 0.3 is 5.97 Å². The summed E-state index contributed by atoms with van der Waals surface area (Å²) in [6.07, 6.45) is 5.84. The second kappa shape index (κ2) is 6.30. The molecule has 4 heteroatoms. The fourth-order valence-corrected chi connectivity index (χ4v) is 1.75. The van der Waals surface area contributed by atoms with Gasteiger partial charge in [0.15, 0.2) is 0 Å². The molecule has 1 amide bonds. The predicted octanol–water partition coefficient (Wildman–Crippen LogP) is 1.86. The maximum atomic E-state index is 11.7. The van der Waals surface area contributed by atoms with Gasteiger partial charge in [-0.15, -0.1) is 0 Å². The molecule has 0 atom stereocenters. The second-order valence-electron chi connectivity index (χ2n) is 3.90. The van der Waals surface area contributed by atoms with Crippen LogP contribution in [0.1, 0.15) is 39.0 Å². The van der Waals surface area contributed by atoms with Gasteiger partial charge in [0.2, 0.25) is 5.91 Å². The van der Waals surface area contributed by atoms with Crippen molar-refractivity contribution in [2.75, 3.05) is 13.7 Å². The van der Waals surface area contributed by atoms with Gasteiger partial charge in [0, 0.05) is 19.2 Å². The highest BCUT2D eigenvalue weighted by Gasteiger charge is 2.17. The maximum absolute atomic E-state index is 11.7. The summed E-state index contributed by atoms with van der Waals surface area (Å²) in [6.45, 7) is 2.59. The van der Waals surface area contributed by atoms with Crippen LogP contribution in [0.15, 0.2) is 11.8 Å². The highest BCUT2D eigenvalue weighted by Crippen LogP contribution is 2.14. The van der Waals surface area contributed by atoms with Crippen molar-refractivity contribution in [3.05, 3.63) is 11.8 Å². The van der Waals surface area contributed by atoms with Gasteiger partial charge in [-0.25, -0.2) is 4.79 Å². The van der Waals surface area contributed by atoms with Crippen LogP contribution in [-0.4, -0.2) is 30.4 Å². The quantitative estimate of drug-likeness (QED) is 0.544. The summed E-state index contributed by atoms with van der Waals surface area (Å²) in [5.74, 6) is -0.244. The molecule has 1 fully saturated rings. The third-order valence-electron chi connectivity index (χ3n) is 2.75. The third kappa shape index (κ3) is 3.36. The molecule has 0 bridgehead atoms. The number of ether oxygens (including phenoxy) is 1. The summed E-state index contributed by atoms with van der Waals surface area (Å²) in [6, 6.07) is 0. The van der Waals surface area contributed by atoms with E-state index in [4.69, 9.17) is 0 Å². The zero-order valence-electron chi connectivity index (χ0n) is 9.99. The molecule has 4 nitrogen and oxygen atoms in total. The van der Waals surface area contributed by atoms with E-state index >= 15 is 0 Å². The number of hydrogen-bond donors (Lipinski definition) is 0. The Morgan fingerprint density at radius 3 is 2.81 bits per heavy atom. The standard InChI is InChI=1S/C12H19NO3/c1-3-10(12(15)16-2)9-13-8-6-4-5-7-11(13)14/h9H,3-8H2,1-2H3/b10-9+. The van der Waals surface area contributed by atoms with E-state index < -0.39 is 0 Å². The lowest BCUT2D eigenvalue weighted by molar-refractivity contribution is -0.136. The zero-order valence-corrected chi connectivity index (χ0v) is 9.99. The number of rotatable bonds is 3. The van der Waals surface area contributed by atoms with Gasteiger partial charge in [-0.1, -0.05) is 13.3 Å². The number of methoxy groups -OCH3 is 1. The summed E-state index contributed by atoms with van der Waals surface area (Å²) in [7, 11) is 1.36. The van der Waals surface area contributed by atoms with Gasteiger partial charge in [-0.3, -0.25) is 4.79 Å². The molecule has 0 saturated carbocycles. The number of amides is 1.